The van der Waals surface area contributed by atoms with Gasteiger partial charge in [-0.25, -0.2) is 0 Å². The summed E-state index contributed by atoms with van der Waals surface area (Å²) in [5.74, 6) is 3.73. The SMILES string of the molecule is C1=CC2c3ccccc3N(c3cc(-n4c5ccccc5c5ccccc54)c4c5c3Oc3ccccc3B5c3ccccc3O4)C2C=C1. The van der Waals surface area contributed by atoms with Crippen LogP contribution in [0.15, 0.2) is 152 Å². The van der Waals surface area contributed by atoms with Crippen LogP contribution >= 0.6 is 0 Å². The highest BCUT2D eigenvalue weighted by Crippen LogP contribution is 2.53. The highest BCUT2D eigenvalue weighted by Gasteiger charge is 2.46. The van der Waals surface area contributed by atoms with Crippen molar-refractivity contribution in [3.05, 3.63) is 157 Å². The number of nitrogens with zero attached hydrogens (tertiary/aromatic N) is 2. The number of allylic oxidation sites excluding steroid dienone is 2. The highest BCUT2D eigenvalue weighted by atomic mass is 16.5. The third-order valence-corrected chi connectivity index (χ3v) is 10.4. The Labute approximate surface area is 272 Å². The lowest BCUT2D eigenvalue weighted by atomic mass is 9.34. The minimum absolute atomic E-state index is 0.0443. The van der Waals surface area contributed by atoms with E-state index < -0.39 is 0 Å². The Hall–Kier alpha value is -5.94. The lowest BCUT2D eigenvalue weighted by molar-refractivity contribution is 0.463. The molecule has 0 radical (unpaired) electrons. The van der Waals surface area contributed by atoms with Gasteiger partial charge in [0.25, 0.3) is 6.71 Å². The van der Waals surface area contributed by atoms with Gasteiger partial charge in [-0.3, -0.25) is 0 Å². The molecule has 0 saturated heterocycles. The van der Waals surface area contributed by atoms with Crippen LogP contribution in [0.25, 0.3) is 27.5 Å². The van der Waals surface area contributed by atoms with E-state index in [-0.39, 0.29) is 18.7 Å². The van der Waals surface area contributed by atoms with Crippen LogP contribution in [0.4, 0.5) is 11.4 Å². The van der Waals surface area contributed by atoms with E-state index in [1.165, 1.54) is 22.0 Å². The maximum absolute atomic E-state index is 7.05. The summed E-state index contributed by atoms with van der Waals surface area (Å²) in [7, 11) is 0. The van der Waals surface area contributed by atoms with Crippen molar-refractivity contribution >= 4 is 56.3 Å². The molecule has 0 saturated carbocycles. The van der Waals surface area contributed by atoms with Gasteiger partial charge in [0, 0.05) is 27.8 Å². The molecule has 6 aromatic carbocycles. The fourth-order valence-electron chi connectivity index (χ4n) is 8.54. The second-order valence-corrected chi connectivity index (χ2v) is 12.8. The van der Waals surface area contributed by atoms with Gasteiger partial charge >= 0.3 is 0 Å². The van der Waals surface area contributed by atoms with Crippen molar-refractivity contribution in [2.45, 2.75) is 12.0 Å². The Morgan fingerprint density at radius 2 is 1.11 bits per heavy atom. The molecule has 0 bridgehead atoms. The average Bonchev–Trinajstić information content (AvgIpc) is 3.65. The normalized spacial score (nSPS) is 17.9. The molecule has 4 aliphatic rings. The lowest BCUT2D eigenvalue weighted by Crippen LogP contribution is -2.57. The van der Waals surface area contributed by atoms with E-state index >= 15 is 0 Å². The minimum atomic E-state index is -0.0443. The number of hydrogen-bond acceptors (Lipinski definition) is 3. The highest BCUT2D eigenvalue weighted by molar-refractivity contribution is 6.98. The third-order valence-electron chi connectivity index (χ3n) is 10.4. The molecule has 47 heavy (non-hydrogen) atoms. The molecule has 0 spiro atoms. The maximum Gasteiger partial charge on any atom is 0.260 e. The van der Waals surface area contributed by atoms with E-state index in [1.54, 1.807) is 0 Å². The van der Waals surface area contributed by atoms with Gasteiger partial charge in [-0.15, -0.1) is 0 Å². The molecule has 5 heteroatoms. The van der Waals surface area contributed by atoms with E-state index in [1.807, 2.05) is 0 Å². The van der Waals surface area contributed by atoms with Gasteiger partial charge in [0.2, 0.25) is 0 Å². The van der Waals surface area contributed by atoms with Crippen LogP contribution in [-0.2, 0) is 0 Å². The molecule has 11 rings (SSSR count). The van der Waals surface area contributed by atoms with Gasteiger partial charge in [0.05, 0.1) is 28.5 Å². The number of ether oxygens (including phenoxy) is 2. The van der Waals surface area contributed by atoms with Crippen LogP contribution in [0.5, 0.6) is 23.0 Å². The molecule has 3 aliphatic heterocycles. The molecule has 0 fully saturated rings. The van der Waals surface area contributed by atoms with E-state index in [2.05, 4.69) is 161 Å². The molecular formula is C42H27BN2O2. The molecule has 2 unspecified atom stereocenters. The molecule has 220 valence electrons. The number of anilines is 2. The number of aromatic nitrogens is 1. The zero-order valence-corrected chi connectivity index (χ0v) is 25.4. The van der Waals surface area contributed by atoms with Crippen molar-refractivity contribution in [2.24, 2.45) is 0 Å². The van der Waals surface area contributed by atoms with Crippen molar-refractivity contribution < 1.29 is 9.47 Å². The molecule has 2 atom stereocenters. The largest absolute Gasteiger partial charge is 0.456 e. The lowest BCUT2D eigenvalue weighted by Gasteiger charge is -2.38. The van der Waals surface area contributed by atoms with Crippen molar-refractivity contribution in [2.75, 3.05) is 4.90 Å². The predicted octanol–water partition coefficient (Wildman–Crippen LogP) is 8.24. The number of hydrogen-bond donors (Lipinski definition) is 0. The molecule has 1 aromatic heterocycles. The second-order valence-electron chi connectivity index (χ2n) is 12.8. The Kier molecular flexibility index (Phi) is 5.00. The van der Waals surface area contributed by atoms with E-state index in [4.69, 9.17) is 9.47 Å². The van der Waals surface area contributed by atoms with Crippen LogP contribution in [0.1, 0.15) is 11.5 Å². The first-order chi connectivity index (χ1) is 23.3. The van der Waals surface area contributed by atoms with Crippen LogP contribution in [0.2, 0.25) is 0 Å². The van der Waals surface area contributed by atoms with E-state index in [0.717, 1.165) is 61.8 Å². The second kappa shape index (κ2) is 9.30. The summed E-state index contributed by atoms with van der Waals surface area (Å²) in [6.07, 6.45) is 9.02. The van der Waals surface area contributed by atoms with Crippen LogP contribution in [0, 0.1) is 0 Å². The fraction of sp³-hybridized carbons (Fsp3) is 0.0476. The van der Waals surface area contributed by atoms with Gasteiger partial charge < -0.3 is 18.9 Å². The van der Waals surface area contributed by atoms with Gasteiger partial charge in [-0.1, -0.05) is 115 Å². The minimum Gasteiger partial charge on any atom is -0.456 e. The zero-order valence-electron chi connectivity index (χ0n) is 25.4. The summed E-state index contributed by atoms with van der Waals surface area (Å²) in [6, 6.07) is 45.6. The van der Waals surface area contributed by atoms with Crippen molar-refractivity contribution in [3.63, 3.8) is 0 Å². The molecule has 1 aliphatic carbocycles. The average molecular weight is 603 g/mol. The standard InChI is InChI=1S/C42H27BN2O2/c1-7-19-32-26(13-1)27-14-2-8-20-33(27)44(32)36-25-37(45-34-21-9-3-15-28(34)29-16-4-10-22-35(29)45)42-40-41(36)46-38-23-11-5-17-30(38)43(40)31-18-6-12-24-39(31)47-42/h1-26,32H. The van der Waals surface area contributed by atoms with Crippen molar-refractivity contribution in [3.8, 4) is 28.7 Å². The summed E-state index contributed by atoms with van der Waals surface area (Å²) in [4.78, 5) is 2.50. The summed E-state index contributed by atoms with van der Waals surface area (Å²) in [5, 5.41) is 2.44. The van der Waals surface area contributed by atoms with Gasteiger partial charge in [0.1, 0.15) is 17.2 Å². The smallest absolute Gasteiger partial charge is 0.260 e. The van der Waals surface area contributed by atoms with Crippen LogP contribution < -0.4 is 30.8 Å². The number of rotatable bonds is 2. The van der Waals surface area contributed by atoms with Gasteiger partial charge in [-0.2, -0.15) is 0 Å². The number of para-hydroxylation sites is 5. The maximum atomic E-state index is 7.05. The Morgan fingerprint density at radius 1 is 0.532 bits per heavy atom. The monoisotopic (exact) mass is 602 g/mol. The quantitative estimate of drug-likeness (QED) is 0.187. The summed E-state index contributed by atoms with van der Waals surface area (Å²) < 4.78 is 16.5. The van der Waals surface area contributed by atoms with Crippen molar-refractivity contribution in [1.29, 1.82) is 0 Å². The molecule has 0 N–H and O–H groups in total. The first-order valence-electron chi connectivity index (χ1n) is 16.3. The third kappa shape index (κ3) is 3.33. The predicted molar refractivity (Wildman–Crippen MR) is 192 cm³/mol. The number of fused-ring (bicyclic) bond motifs is 10. The van der Waals surface area contributed by atoms with Crippen LogP contribution in [-0.4, -0.2) is 17.3 Å². The molecular weight excluding hydrogens is 575 g/mol. The van der Waals surface area contributed by atoms with Crippen LogP contribution in [0.3, 0.4) is 0 Å². The molecule has 0 amide bonds. The summed E-state index contributed by atoms with van der Waals surface area (Å²) in [6.45, 7) is -0.0443. The van der Waals surface area contributed by atoms with E-state index in [9.17, 15) is 0 Å². The number of benzene rings is 6. The molecule has 7 aromatic rings. The Morgan fingerprint density at radius 3 is 1.83 bits per heavy atom. The molecule has 4 heterocycles. The molecule has 4 nitrogen and oxygen atoms in total. The Bertz CT molecular complexity index is 2460. The zero-order chi connectivity index (χ0) is 30.6. The van der Waals surface area contributed by atoms with E-state index in [0.29, 0.717) is 0 Å². The first kappa shape index (κ1) is 25.3. The topological polar surface area (TPSA) is 26.6 Å². The first-order valence-corrected chi connectivity index (χ1v) is 16.3. The Balaban J connectivity index is 1.30. The summed E-state index contributed by atoms with van der Waals surface area (Å²) in [5.41, 5.74) is 10.3. The fourth-order valence-corrected chi connectivity index (χ4v) is 8.54. The van der Waals surface area contributed by atoms with Gasteiger partial charge in [-0.05, 0) is 52.9 Å². The van der Waals surface area contributed by atoms with Crippen molar-refractivity contribution in [1.82, 2.24) is 4.57 Å². The van der Waals surface area contributed by atoms with Gasteiger partial charge in [0.15, 0.2) is 5.75 Å². The summed E-state index contributed by atoms with van der Waals surface area (Å²) >= 11 is 0.